The van der Waals surface area contributed by atoms with Crippen LogP contribution in [0, 0.1) is 0 Å². The van der Waals surface area contributed by atoms with Gasteiger partial charge in [-0.25, -0.2) is 0 Å². The molecule has 0 bridgehead atoms. The molecular formula is C16H23ClN2OS. The minimum absolute atomic E-state index is 0. The van der Waals surface area contributed by atoms with Gasteiger partial charge in [-0.2, -0.15) is 11.8 Å². The summed E-state index contributed by atoms with van der Waals surface area (Å²) in [6.07, 6.45) is 3.01. The van der Waals surface area contributed by atoms with E-state index >= 15 is 0 Å². The molecule has 116 valence electrons. The van der Waals surface area contributed by atoms with E-state index in [-0.39, 0.29) is 18.4 Å². The predicted molar refractivity (Wildman–Crippen MR) is 91.1 cm³/mol. The lowest BCUT2D eigenvalue weighted by Gasteiger charge is -2.36. The van der Waals surface area contributed by atoms with Crippen molar-refractivity contribution in [3.8, 4) is 0 Å². The Bertz CT molecular complexity index is 451. The number of carbonyl (C=O) groups is 1. The van der Waals surface area contributed by atoms with Gasteiger partial charge in [0.1, 0.15) is 0 Å². The van der Waals surface area contributed by atoms with E-state index in [9.17, 15) is 4.79 Å². The molecule has 3 nitrogen and oxygen atoms in total. The van der Waals surface area contributed by atoms with Gasteiger partial charge in [0, 0.05) is 30.5 Å². The summed E-state index contributed by atoms with van der Waals surface area (Å²) < 4.78 is 0. The Kier molecular flexibility index (Phi) is 6.40. The summed E-state index contributed by atoms with van der Waals surface area (Å²) in [5, 5.41) is 3.43. The maximum absolute atomic E-state index is 12.6. The van der Waals surface area contributed by atoms with Crippen molar-refractivity contribution in [3.05, 3.63) is 35.9 Å². The maximum Gasteiger partial charge on any atom is 0.224 e. The van der Waals surface area contributed by atoms with E-state index in [1.54, 1.807) is 0 Å². The van der Waals surface area contributed by atoms with Crippen molar-refractivity contribution in [1.29, 1.82) is 0 Å². The lowest BCUT2D eigenvalue weighted by molar-refractivity contribution is -0.133. The molecule has 1 aromatic rings. The Morgan fingerprint density at radius 3 is 2.86 bits per heavy atom. The Balaban J connectivity index is 0.00000161. The molecule has 2 atom stereocenters. The van der Waals surface area contributed by atoms with Crippen molar-refractivity contribution < 1.29 is 4.79 Å². The zero-order valence-electron chi connectivity index (χ0n) is 12.2. The van der Waals surface area contributed by atoms with Gasteiger partial charge in [-0.1, -0.05) is 30.3 Å². The Labute approximate surface area is 137 Å². The lowest BCUT2D eigenvalue weighted by Crippen LogP contribution is -2.42. The molecule has 2 aliphatic rings. The number of halogens is 1. The molecule has 1 aromatic carbocycles. The predicted octanol–water partition coefficient (Wildman–Crippen LogP) is 2.87. The summed E-state index contributed by atoms with van der Waals surface area (Å²) in [7, 11) is 0. The van der Waals surface area contributed by atoms with Crippen LogP contribution in [0.3, 0.4) is 0 Å². The Morgan fingerprint density at radius 1 is 1.33 bits per heavy atom. The number of benzene rings is 1. The highest BCUT2D eigenvalue weighted by Crippen LogP contribution is 2.30. The standard InChI is InChI=1S/C16H22N2OS.ClH/c19-16(11-14-7-4-8-17-14)18-9-10-20-12-15(18)13-5-2-1-3-6-13;/h1-3,5-6,14-15,17H,4,7-12H2;1H. The number of nitrogens with zero attached hydrogens (tertiary/aromatic N) is 1. The van der Waals surface area contributed by atoms with Crippen molar-refractivity contribution in [1.82, 2.24) is 10.2 Å². The molecule has 2 fully saturated rings. The van der Waals surface area contributed by atoms with Crippen molar-refractivity contribution >= 4 is 30.1 Å². The maximum atomic E-state index is 12.6. The van der Waals surface area contributed by atoms with Crippen LogP contribution < -0.4 is 5.32 Å². The average molecular weight is 327 g/mol. The van der Waals surface area contributed by atoms with Gasteiger partial charge in [-0.05, 0) is 24.9 Å². The fraction of sp³-hybridized carbons (Fsp3) is 0.562. The summed E-state index contributed by atoms with van der Waals surface area (Å²) >= 11 is 1.95. The summed E-state index contributed by atoms with van der Waals surface area (Å²) in [6.45, 7) is 1.95. The first-order valence-corrected chi connectivity index (χ1v) is 8.65. The van der Waals surface area contributed by atoms with Gasteiger partial charge in [0.05, 0.1) is 6.04 Å². The zero-order valence-corrected chi connectivity index (χ0v) is 13.8. The highest BCUT2D eigenvalue weighted by molar-refractivity contribution is 7.99. The topological polar surface area (TPSA) is 32.3 Å². The van der Waals surface area contributed by atoms with Crippen molar-refractivity contribution in [3.63, 3.8) is 0 Å². The summed E-state index contributed by atoms with van der Waals surface area (Å²) in [5.41, 5.74) is 1.27. The van der Waals surface area contributed by atoms with Gasteiger partial charge in [-0.15, -0.1) is 12.4 Å². The van der Waals surface area contributed by atoms with Crippen LogP contribution in [0.1, 0.15) is 30.9 Å². The van der Waals surface area contributed by atoms with Gasteiger partial charge < -0.3 is 10.2 Å². The molecule has 1 N–H and O–H groups in total. The number of carbonyl (C=O) groups excluding carboxylic acids is 1. The fourth-order valence-corrected chi connectivity index (χ4v) is 4.20. The number of thioether (sulfide) groups is 1. The molecule has 2 unspecified atom stereocenters. The van der Waals surface area contributed by atoms with Crippen LogP contribution in [0.2, 0.25) is 0 Å². The second-order valence-corrected chi connectivity index (χ2v) is 6.74. The monoisotopic (exact) mass is 326 g/mol. The van der Waals surface area contributed by atoms with Crippen LogP contribution in [-0.2, 0) is 4.79 Å². The van der Waals surface area contributed by atoms with Gasteiger partial charge in [0.25, 0.3) is 0 Å². The molecule has 0 spiro atoms. The van der Waals surface area contributed by atoms with Gasteiger partial charge in [-0.3, -0.25) is 4.79 Å². The normalized spacial score (nSPS) is 25.4. The quantitative estimate of drug-likeness (QED) is 0.927. The van der Waals surface area contributed by atoms with Gasteiger partial charge >= 0.3 is 0 Å². The lowest BCUT2D eigenvalue weighted by atomic mass is 10.0. The molecule has 3 rings (SSSR count). The molecular weight excluding hydrogens is 304 g/mol. The number of rotatable bonds is 3. The van der Waals surface area contributed by atoms with Crippen molar-refractivity contribution in [2.75, 3.05) is 24.6 Å². The third kappa shape index (κ3) is 4.15. The second-order valence-electron chi connectivity index (χ2n) is 5.59. The molecule has 1 amide bonds. The van der Waals surface area contributed by atoms with E-state index in [4.69, 9.17) is 0 Å². The summed E-state index contributed by atoms with van der Waals surface area (Å²) in [5.74, 6) is 2.40. The van der Waals surface area contributed by atoms with E-state index in [0.717, 1.165) is 31.0 Å². The third-order valence-electron chi connectivity index (χ3n) is 4.22. The highest BCUT2D eigenvalue weighted by atomic mass is 35.5. The molecule has 0 saturated carbocycles. The largest absolute Gasteiger partial charge is 0.334 e. The number of nitrogens with one attached hydrogen (secondary N) is 1. The first-order valence-electron chi connectivity index (χ1n) is 7.50. The molecule has 0 aliphatic carbocycles. The number of hydrogen-bond donors (Lipinski definition) is 1. The molecule has 5 heteroatoms. The first kappa shape index (κ1) is 16.7. The van der Waals surface area contributed by atoms with E-state index in [1.165, 1.54) is 12.0 Å². The molecule has 2 heterocycles. The smallest absolute Gasteiger partial charge is 0.224 e. The zero-order chi connectivity index (χ0) is 13.8. The van der Waals surface area contributed by atoms with E-state index in [2.05, 4.69) is 34.5 Å². The van der Waals surface area contributed by atoms with E-state index in [0.29, 0.717) is 18.4 Å². The Hall–Kier alpha value is -0.710. The molecule has 2 saturated heterocycles. The number of amides is 1. The highest BCUT2D eigenvalue weighted by Gasteiger charge is 2.30. The van der Waals surface area contributed by atoms with Crippen LogP contribution in [0.25, 0.3) is 0 Å². The van der Waals surface area contributed by atoms with Gasteiger partial charge in [0.2, 0.25) is 5.91 Å². The Morgan fingerprint density at radius 2 is 2.14 bits per heavy atom. The minimum Gasteiger partial charge on any atom is -0.334 e. The van der Waals surface area contributed by atoms with E-state index in [1.807, 2.05) is 17.8 Å². The van der Waals surface area contributed by atoms with Crippen LogP contribution >= 0.6 is 24.2 Å². The SMILES string of the molecule is Cl.O=C(CC1CCCN1)N1CCSCC1c1ccccc1. The molecule has 0 radical (unpaired) electrons. The van der Waals surface area contributed by atoms with Crippen LogP contribution in [0.5, 0.6) is 0 Å². The minimum atomic E-state index is 0. The average Bonchev–Trinajstić information content (AvgIpc) is 3.01. The van der Waals surface area contributed by atoms with E-state index < -0.39 is 0 Å². The summed E-state index contributed by atoms with van der Waals surface area (Å²) in [6, 6.07) is 11.1. The van der Waals surface area contributed by atoms with Crippen LogP contribution in [0.15, 0.2) is 30.3 Å². The van der Waals surface area contributed by atoms with Crippen LogP contribution in [0.4, 0.5) is 0 Å². The molecule has 21 heavy (non-hydrogen) atoms. The second kappa shape index (κ2) is 8.06. The van der Waals surface area contributed by atoms with Crippen molar-refractivity contribution in [2.24, 2.45) is 0 Å². The fourth-order valence-electron chi connectivity index (χ4n) is 3.11. The van der Waals surface area contributed by atoms with Crippen molar-refractivity contribution in [2.45, 2.75) is 31.3 Å². The van der Waals surface area contributed by atoms with Crippen LogP contribution in [-0.4, -0.2) is 41.4 Å². The number of hydrogen-bond acceptors (Lipinski definition) is 3. The molecule has 2 aliphatic heterocycles. The summed E-state index contributed by atoms with van der Waals surface area (Å²) in [4.78, 5) is 14.7. The first-order chi connectivity index (χ1) is 9.84. The van der Waals surface area contributed by atoms with Gasteiger partial charge in [0.15, 0.2) is 0 Å². The third-order valence-corrected chi connectivity index (χ3v) is 5.24. The molecule has 0 aromatic heterocycles.